The SMILES string of the molecule is CCN(CC)Cc1cccc(NC(=O)C2(S(C)(=O)=O)CCNCC2)c1.Cl.Cl. The van der Waals surface area contributed by atoms with E-state index >= 15 is 0 Å². The van der Waals surface area contributed by atoms with Crippen LogP contribution in [0.25, 0.3) is 0 Å². The van der Waals surface area contributed by atoms with Crippen LogP contribution in [0.1, 0.15) is 32.3 Å². The summed E-state index contributed by atoms with van der Waals surface area (Å²) in [6, 6.07) is 7.64. The van der Waals surface area contributed by atoms with Gasteiger partial charge in [0.25, 0.3) is 0 Å². The van der Waals surface area contributed by atoms with Gasteiger partial charge in [-0.1, -0.05) is 26.0 Å². The van der Waals surface area contributed by atoms with Crippen LogP contribution in [0, 0.1) is 0 Å². The molecule has 0 atom stereocenters. The molecule has 0 unspecified atom stereocenters. The van der Waals surface area contributed by atoms with Crippen LogP contribution in [-0.4, -0.2) is 56.4 Å². The lowest BCUT2D eigenvalue weighted by molar-refractivity contribution is -0.119. The lowest BCUT2D eigenvalue weighted by atomic mass is 9.95. The van der Waals surface area contributed by atoms with Gasteiger partial charge >= 0.3 is 0 Å². The van der Waals surface area contributed by atoms with Gasteiger partial charge in [-0.3, -0.25) is 9.69 Å². The summed E-state index contributed by atoms with van der Waals surface area (Å²) in [5.74, 6) is -0.420. The lowest BCUT2D eigenvalue weighted by Gasteiger charge is -2.34. The van der Waals surface area contributed by atoms with Crippen LogP contribution in [0.2, 0.25) is 0 Å². The molecule has 2 rings (SSSR count). The summed E-state index contributed by atoms with van der Waals surface area (Å²) in [5.41, 5.74) is 1.75. The van der Waals surface area contributed by atoms with E-state index < -0.39 is 20.5 Å². The average molecular weight is 440 g/mol. The topological polar surface area (TPSA) is 78.5 Å². The molecule has 0 spiro atoms. The monoisotopic (exact) mass is 439 g/mol. The Hall–Kier alpha value is -0.860. The Morgan fingerprint density at radius 2 is 1.78 bits per heavy atom. The fourth-order valence-corrected chi connectivity index (χ4v) is 4.63. The second-order valence-electron chi connectivity index (χ2n) is 6.63. The minimum absolute atomic E-state index is 0. The van der Waals surface area contributed by atoms with Gasteiger partial charge in [-0.15, -0.1) is 24.8 Å². The molecule has 9 heteroatoms. The van der Waals surface area contributed by atoms with E-state index in [1.165, 1.54) is 0 Å². The molecule has 1 aliphatic heterocycles. The van der Waals surface area contributed by atoms with E-state index in [-0.39, 0.29) is 24.8 Å². The quantitative estimate of drug-likeness (QED) is 0.681. The van der Waals surface area contributed by atoms with Crippen molar-refractivity contribution < 1.29 is 13.2 Å². The van der Waals surface area contributed by atoms with Crippen molar-refractivity contribution in [1.29, 1.82) is 0 Å². The highest BCUT2D eigenvalue weighted by molar-refractivity contribution is 7.92. The molecule has 6 nitrogen and oxygen atoms in total. The Kier molecular flexibility index (Phi) is 10.9. The third-order valence-corrected chi connectivity index (χ3v) is 7.03. The van der Waals surface area contributed by atoms with Crippen LogP contribution in [0.4, 0.5) is 5.69 Å². The fraction of sp³-hybridized carbons (Fsp3) is 0.611. The number of anilines is 1. The molecule has 1 aromatic rings. The molecule has 0 aromatic heterocycles. The smallest absolute Gasteiger partial charge is 0.245 e. The van der Waals surface area contributed by atoms with E-state index in [0.29, 0.717) is 31.6 Å². The number of hydrogen-bond acceptors (Lipinski definition) is 5. The number of nitrogens with one attached hydrogen (secondary N) is 2. The summed E-state index contributed by atoms with van der Waals surface area (Å²) in [4.78, 5) is 15.1. The number of hydrogen-bond donors (Lipinski definition) is 2. The van der Waals surface area contributed by atoms with Crippen molar-refractivity contribution in [2.75, 3.05) is 37.8 Å². The summed E-state index contributed by atoms with van der Waals surface area (Å²) in [5, 5.41) is 5.97. The molecule has 1 amide bonds. The number of sulfone groups is 1. The highest BCUT2D eigenvalue weighted by Crippen LogP contribution is 2.29. The number of piperidine rings is 1. The molecule has 0 radical (unpaired) electrons. The zero-order valence-corrected chi connectivity index (χ0v) is 18.6. The van der Waals surface area contributed by atoms with Crippen molar-refractivity contribution in [1.82, 2.24) is 10.2 Å². The standard InChI is InChI=1S/C18H29N3O3S.2ClH/c1-4-21(5-2)14-15-7-6-8-16(13-15)20-17(22)18(25(3,23)24)9-11-19-12-10-18;;/h6-8,13,19H,4-5,9-12,14H2,1-3H3,(H,20,22);2*1H. The Labute approximate surface area is 175 Å². The normalized spacial score (nSPS) is 16.1. The molecule has 0 aliphatic carbocycles. The maximum Gasteiger partial charge on any atom is 0.245 e. The van der Waals surface area contributed by atoms with Gasteiger partial charge in [-0.25, -0.2) is 8.42 Å². The number of amides is 1. The number of rotatable bonds is 7. The molecule has 156 valence electrons. The van der Waals surface area contributed by atoms with Crippen LogP contribution in [0.15, 0.2) is 24.3 Å². The summed E-state index contributed by atoms with van der Waals surface area (Å²) in [6.45, 7) is 8.00. The van der Waals surface area contributed by atoms with Crippen molar-refractivity contribution in [3.63, 3.8) is 0 Å². The van der Waals surface area contributed by atoms with E-state index in [2.05, 4.69) is 29.4 Å². The van der Waals surface area contributed by atoms with E-state index in [9.17, 15) is 13.2 Å². The maximum absolute atomic E-state index is 12.9. The zero-order chi connectivity index (χ0) is 18.5. The molecule has 2 N–H and O–H groups in total. The molecule has 1 fully saturated rings. The zero-order valence-electron chi connectivity index (χ0n) is 16.2. The summed E-state index contributed by atoms with van der Waals surface area (Å²) < 4.78 is 23.3. The van der Waals surface area contributed by atoms with Gasteiger partial charge < -0.3 is 10.6 Å². The van der Waals surface area contributed by atoms with Crippen LogP contribution < -0.4 is 10.6 Å². The summed E-state index contributed by atoms with van der Waals surface area (Å²) in [6.07, 6.45) is 1.77. The first-order valence-electron chi connectivity index (χ1n) is 8.85. The Morgan fingerprint density at radius 3 is 2.30 bits per heavy atom. The van der Waals surface area contributed by atoms with Crippen LogP contribution in [-0.2, 0) is 21.2 Å². The number of carbonyl (C=O) groups is 1. The molecule has 0 saturated carbocycles. The number of benzene rings is 1. The maximum atomic E-state index is 12.9. The second-order valence-corrected chi connectivity index (χ2v) is 8.96. The van der Waals surface area contributed by atoms with Gasteiger partial charge in [0.05, 0.1) is 0 Å². The highest BCUT2D eigenvalue weighted by Gasteiger charge is 2.48. The largest absolute Gasteiger partial charge is 0.325 e. The first kappa shape index (κ1) is 26.1. The molecule has 1 aliphatic rings. The van der Waals surface area contributed by atoms with Gasteiger partial charge in [-0.05, 0) is 56.7 Å². The molecular weight excluding hydrogens is 409 g/mol. The van der Waals surface area contributed by atoms with Crippen molar-refractivity contribution in [2.45, 2.75) is 38.0 Å². The third-order valence-electron chi connectivity index (χ3n) is 5.02. The first-order valence-corrected chi connectivity index (χ1v) is 10.7. The Morgan fingerprint density at radius 1 is 1.19 bits per heavy atom. The summed E-state index contributed by atoms with van der Waals surface area (Å²) >= 11 is 0. The van der Waals surface area contributed by atoms with E-state index in [1.807, 2.05) is 18.2 Å². The van der Waals surface area contributed by atoms with Crippen LogP contribution in [0.3, 0.4) is 0 Å². The van der Waals surface area contributed by atoms with E-state index in [1.54, 1.807) is 6.07 Å². The third kappa shape index (κ3) is 6.32. The number of nitrogens with zero attached hydrogens (tertiary/aromatic N) is 1. The minimum Gasteiger partial charge on any atom is -0.325 e. The minimum atomic E-state index is -3.50. The first-order chi connectivity index (χ1) is 11.8. The van der Waals surface area contributed by atoms with Crippen LogP contribution >= 0.6 is 24.8 Å². The molecule has 0 bridgehead atoms. The molecule has 1 heterocycles. The van der Waals surface area contributed by atoms with Gasteiger partial charge in [-0.2, -0.15) is 0 Å². The summed E-state index contributed by atoms with van der Waals surface area (Å²) in [7, 11) is -3.50. The highest BCUT2D eigenvalue weighted by atomic mass is 35.5. The fourth-order valence-electron chi connectivity index (χ4n) is 3.29. The van der Waals surface area contributed by atoms with E-state index in [4.69, 9.17) is 0 Å². The molecule has 1 aromatic carbocycles. The van der Waals surface area contributed by atoms with Crippen molar-refractivity contribution in [3.05, 3.63) is 29.8 Å². The van der Waals surface area contributed by atoms with Crippen molar-refractivity contribution >= 4 is 46.2 Å². The Bertz CT molecular complexity index is 704. The van der Waals surface area contributed by atoms with Crippen molar-refractivity contribution in [3.8, 4) is 0 Å². The number of halogens is 2. The lowest BCUT2D eigenvalue weighted by Crippen LogP contribution is -2.55. The van der Waals surface area contributed by atoms with Gasteiger partial charge in [0.2, 0.25) is 5.91 Å². The molecule has 27 heavy (non-hydrogen) atoms. The molecular formula is C18H31Cl2N3O3S. The molecule has 1 saturated heterocycles. The Balaban J connectivity index is 0.00000338. The van der Waals surface area contributed by atoms with Crippen molar-refractivity contribution in [2.24, 2.45) is 0 Å². The number of carbonyl (C=O) groups excluding carboxylic acids is 1. The predicted octanol–water partition coefficient (Wildman–Crippen LogP) is 2.48. The predicted molar refractivity (Wildman–Crippen MR) is 116 cm³/mol. The average Bonchev–Trinajstić information content (AvgIpc) is 2.59. The van der Waals surface area contributed by atoms with Crippen LogP contribution in [0.5, 0.6) is 0 Å². The van der Waals surface area contributed by atoms with Gasteiger partial charge in [0, 0.05) is 18.5 Å². The van der Waals surface area contributed by atoms with E-state index in [0.717, 1.165) is 31.5 Å². The van der Waals surface area contributed by atoms with Gasteiger partial charge in [0.15, 0.2) is 14.6 Å². The second kappa shape index (κ2) is 11.2. The van der Waals surface area contributed by atoms with Gasteiger partial charge in [0.1, 0.15) is 0 Å².